The first-order chi connectivity index (χ1) is 5.48. The maximum Gasteiger partial charge on any atom is 0.138 e. The summed E-state index contributed by atoms with van der Waals surface area (Å²) in [7, 11) is 0. The topological polar surface area (TPSA) is 17.1 Å². The van der Waals surface area contributed by atoms with Gasteiger partial charge in [-0.3, -0.25) is 4.79 Å². The number of hydrogen-bond donors (Lipinski definition) is 0. The van der Waals surface area contributed by atoms with Gasteiger partial charge in [-0.05, 0) is 12.8 Å². The highest BCUT2D eigenvalue weighted by molar-refractivity contribution is 6.17. The van der Waals surface area contributed by atoms with E-state index >= 15 is 0 Å². The zero-order valence-corrected chi connectivity index (χ0v) is 9.08. The first kappa shape index (κ1) is 12.0. The van der Waals surface area contributed by atoms with Crippen molar-refractivity contribution in [1.29, 1.82) is 0 Å². The molecule has 0 rings (SSSR count). The van der Waals surface area contributed by atoms with Crippen LogP contribution in [0.4, 0.5) is 0 Å². The summed E-state index contributed by atoms with van der Waals surface area (Å²) < 4.78 is 0. The van der Waals surface area contributed by atoms with Gasteiger partial charge in [0.05, 0.1) is 0 Å². The molecule has 0 bridgehead atoms. The molecule has 2 heteroatoms. The third kappa shape index (κ3) is 5.59. The molecule has 0 saturated heterocycles. The second kappa shape index (κ2) is 5.58. The van der Waals surface area contributed by atoms with E-state index in [9.17, 15) is 4.79 Å². The second-order valence-electron chi connectivity index (χ2n) is 4.17. The fourth-order valence-corrected chi connectivity index (χ4v) is 1.12. The van der Waals surface area contributed by atoms with E-state index in [1.54, 1.807) is 0 Å². The number of halogens is 1. The van der Waals surface area contributed by atoms with E-state index in [0.717, 1.165) is 19.3 Å². The third-order valence-corrected chi connectivity index (χ3v) is 2.14. The maximum atomic E-state index is 11.4. The van der Waals surface area contributed by atoms with Gasteiger partial charge in [-0.25, -0.2) is 0 Å². The third-order valence-electron chi connectivity index (χ3n) is 1.87. The number of ketones is 1. The summed E-state index contributed by atoms with van der Waals surface area (Å²) >= 11 is 5.52. The highest BCUT2D eigenvalue weighted by atomic mass is 35.5. The van der Waals surface area contributed by atoms with Crippen molar-refractivity contribution >= 4 is 17.4 Å². The van der Waals surface area contributed by atoms with Crippen LogP contribution in [-0.2, 0) is 4.79 Å². The predicted molar refractivity (Wildman–Crippen MR) is 53.7 cm³/mol. The summed E-state index contributed by atoms with van der Waals surface area (Å²) in [6.07, 6.45) is 3.80. The van der Waals surface area contributed by atoms with E-state index in [1.807, 2.05) is 20.8 Å². The summed E-state index contributed by atoms with van der Waals surface area (Å²) in [6, 6.07) is 0. The number of unbranched alkanes of at least 4 members (excludes halogenated alkanes) is 2. The van der Waals surface area contributed by atoms with Gasteiger partial charge in [0.1, 0.15) is 5.78 Å². The van der Waals surface area contributed by atoms with E-state index in [0.29, 0.717) is 18.1 Å². The van der Waals surface area contributed by atoms with Gasteiger partial charge in [0.2, 0.25) is 0 Å². The lowest BCUT2D eigenvalue weighted by Crippen LogP contribution is -2.19. The molecule has 0 fully saturated rings. The molecule has 0 heterocycles. The van der Waals surface area contributed by atoms with Crippen molar-refractivity contribution in [3.05, 3.63) is 0 Å². The van der Waals surface area contributed by atoms with Crippen LogP contribution in [0.5, 0.6) is 0 Å². The van der Waals surface area contributed by atoms with Gasteiger partial charge in [-0.15, -0.1) is 11.6 Å². The van der Waals surface area contributed by atoms with Crippen LogP contribution in [0.15, 0.2) is 0 Å². The predicted octanol–water partition coefficient (Wildman–Crippen LogP) is 3.40. The molecule has 0 aliphatic heterocycles. The van der Waals surface area contributed by atoms with Gasteiger partial charge in [-0.1, -0.05) is 27.2 Å². The summed E-state index contributed by atoms with van der Waals surface area (Å²) in [5.41, 5.74) is -0.166. The minimum atomic E-state index is -0.166. The lowest BCUT2D eigenvalue weighted by atomic mass is 9.88. The average Bonchev–Trinajstić information content (AvgIpc) is 1.96. The van der Waals surface area contributed by atoms with E-state index < -0.39 is 0 Å². The molecule has 0 aromatic carbocycles. The zero-order chi connectivity index (χ0) is 9.61. The van der Waals surface area contributed by atoms with Crippen molar-refractivity contribution in [2.45, 2.75) is 46.5 Å². The fraction of sp³-hybridized carbons (Fsp3) is 0.900. The monoisotopic (exact) mass is 190 g/mol. The summed E-state index contributed by atoms with van der Waals surface area (Å²) in [6.45, 7) is 5.91. The van der Waals surface area contributed by atoms with Crippen LogP contribution in [0, 0.1) is 5.41 Å². The first-order valence-corrected chi connectivity index (χ1v) is 5.11. The molecule has 0 saturated carbocycles. The maximum absolute atomic E-state index is 11.4. The molecular weight excluding hydrogens is 172 g/mol. The Morgan fingerprint density at radius 3 is 2.17 bits per heavy atom. The average molecular weight is 191 g/mol. The Hall–Kier alpha value is -0.0400. The van der Waals surface area contributed by atoms with Crippen molar-refractivity contribution < 1.29 is 4.79 Å². The first-order valence-electron chi connectivity index (χ1n) is 4.57. The highest BCUT2D eigenvalue weighted by Crippen LogP contribution is 2.18. The minimum absolute atomic E-state index is 0.166. The number of carbonyl (C=O) groups excluding carboxylic acids is 1. The largest absolute Gasteiger partial charge is 0.299 e. The second-order valence-corrected chi connectivity index (χ2v) is 4.55. The van der Waals surface area contributed by atoms with Crippen molar-refractivity contribution in [1.82, 2.24) is 0 Å². The number of hydrogen-bond acceptors (Lipinski definition) is 1. The molecule has 0 radical (unpaired) electrons. The van der Waals surface area contributed by atoms with Crippen LogP contribution in [0.1, 0.15) is 46.5 Å². The van der Waals surface area contributed by atoms with Gasteiger partial charge < -0.3 is 0 Å². The standard InChI is InChI=1S/C10H19ClO/c1-10(2,3)9(12)7-5-4-6-8-11/h4-8H2,1-3H3. The van der Waals surface area contributed by atoms with Crippen LogP contribution < -0.4 is 0 Å². The Kier molecular flexibility index (Phi) is 5.56. The van der Waals surface area contributed by atoms with E-state index in [1.165, 1.54) is 0 Å². The summed E-state index contributed by atoms with van der Waals surface area (Å²) in [5.74, 6) is 1.07. The molecule has 0 aliphatic carbocycles. The lowest BCUT2D eigenvalue weighted by Gasteiger charge is -2.15. The molecule has 1 nitrogen and oxygen atoms in total. The van der Waals surface area contributed by atoms with Crippen LogP contribution >= 0.6 is 11.6 Å². The summed E-state index contributed by atoms with van der Waals surface area (Å²) in [4.78, 5) is 11.4. The molecule has 0 spiro atoms. The van der Waals surface area contributed by atoms with Gasteiger partial charge in [0.25, 0.3) is 0 Å². The Morgan fingerprint density at radius 1 is 1.17 bits per heavy atom. The van der Waals surface area contributed by atoms with Crippen molar-refractivity contribution in [2.24, 2.45) is 5.41 Å². The highest BCUT2D eigenvalue weighted by Gasteiger charge is 2.19. The molecular formula is C10H19ClO. The van der Waals surface area contributed by atoms with Crippen LogP contribution in [0.25, 0.3) is 0 Å². The molecule has 0 atom stereocenters. The Morgan fingerprint density at radius 2 is 1.75 bits per heavy atom. The SMILES string of the molecule is CC(C)(C)C(=O)CCCCCCl. The van der Waals surface area contributed by atoms with Gasteiger partial charge >= 0.3 is 0 Å². The number of rotatable bonds is 5. The minimum Gasteiger partial charge on any atom is -0.299 e. The van der Waals surface area contributed by atoms with Crippen LogP contribution in [-0.4, -0.2) is 11.7 Å². The van der Waals surface area contributed by atoms with E-state index in [-0.39, 0.29) is 5.41 Å². The van der Waals surface area contributed by atoms with Crippen LogP contribution in [0.2, 0.25) is 0 Å². The number of alkyl halides is 1. The Balaban J connectivity index is 3.45. The van der Waals surface area contributed by atoms with Crippen molar-refractivity contribution in [2.75, 3.05) is 5.88 Å². The number of carbonyl (C=O) groups is 1. The van der Waals surface area contributed by atoms with Gasteiger partial charge in [0.15, 0.2) is 0 Å². The van der Waals surface area contributed by atoms with E-state index in [4.69, 9.17) is 11.6 Å². The molecule has 0 aromatic rings. The zero-order valence-electron chi connectivity index (χ0n) is 8.32. The molecule has 0 N–H and O–H groups in total. The lowest BCUT2D eigenvalue weighted by molar-refractivity contribution is -0.126. The van der Waals surface area contributed by atoms with Crippen molar-refractivity contribution in [3.63, 3.8) is 0 Å². The molecule has 0 aromatic heterocycles. The molecule has 12 heavy (non-hydrogen) atoms. The normalized spacial score (nSPS) is 11.7. The van der Waals surface area contributed by atoms with Gasteiger partial charge in [-0.2, -0.15) is 0 Å². The van der Waals surface area contributed by atoms with Crippen LogP contribution in [0.3, 0.4) is 0 Å². The molecule has 0 unspecified atom stereocenters. The molecule has 0 amide bonds. The smallest absolute Gasteiger partial charge is 0.138 e. The number of Topliss-reactive ketones (excluding diaryl/α,β-unsaturated/α-hetero) is 1. The summed E-state index contributed by atoms with van der Waals surface area (Å²) in [5, 5.41) is 0. The Bertz CT molecular complexity index is 135. The quantitative estimate of drug-likeness (QED) is 0.480. The van der Waals surface area contributed by atoms with E-state index in [2.05, 4.69) is 0 Å². The molecule has 0 aliphatic rings. The van der Waals surface area contributed by atoms with Crippen molar-refractivity contribution in [3.8, 4) is 0 Å². The Labute approximate surface area is 80.5 Å². The fourth-order valence-electron chi connectivity index (χ4n) is 0.932. The van der Waals surface area contributed by atoms with Gasteiger partial charge in [0, 0.05) is 17.7 Å². The molecule has 72 valence electrons.